The predicted molar refractivity (Wildman–Crippen MR) is 145 cm³/mol. The number of ether oxygens (including phenoxy) is 2. The first-order chi connectivity index (χ1) is 18.4. The summed E-state index contributed by atoms with van der Waals surface area (Å²) in [5, 5.41) is 0. The van der Waals surface area contributed by atoms with E-state index in [-0.39, 0.29) is 24.7 Å². The van der Waals surface area contributed by atoms with Gasteiger partial charge in [0.2, 0.25) is 0 Å². The molecule has 1 aliphatic carbocycles. The first-order valence-electron chi connectivity index (χ1n) is 11.6. The van der Waals surface area contributed by atoms with Crippen LogP contribution >= 0.6 is 0 Å². The van der Waals surface area contributed by atoms with Crippen molar-refractivity contribution in [2.45, 2.75) is 29.4 Å². The van der Waals surface area contributed by atoms with E-state index in [0.717, 1.165) is 0 Å². The van der Waals surface area contributed by atoms with Gasteiger partial charge in [0.1, 0.15) is 34.5 Å². The highest BCUT2D eigenvalue weighted by Crippen LogP contribution is 2.44. The summed E-state index contributed by atoms with van der Waals surface area (Å²) in [6, 6.07) is 19.2. The predicted octanol–water partition coefficient (Wildman–Crippen LogP) is 4.07. The molecule has 4 aromatic carbocycles. The van der Waals surface area contributed by atoms with Gasteiger partial charge >= 0.3 is 0 Å². The number of nitrogens with two attached hydrogens (primary N) is 2. The topological polar surface area (TPSA) is 179 Å². The van der Waals surface area contributed by atoms with Crippen molar-refractivity contribution < 1.29 is 35.4 Å². The minimum Gasteiger partial charge on any atom is -0.487 e. The molecule has 12 heteroatoms. The van der Waals surface area contributed by atoms with Gasteiger partial charge in [-0.1, -0.05) is 24.3 Å². The van der Waals surface area contributed by atoms with Gasteiger partial charge in [-0.15, -0.1) is 0 Å². The lowest BCUT2D eigenvalue weighted by molar-refractivity contribution is 0.296. The Labute approximate surface area is 225 Å². The van der Waals surface area contributed by atoms with Crippen molar-refractivity contribution in [1.82, 2.24) is 0 Å². The normalized spacial score (nSPS) is 12.6. The molecule has 6 N–H and O–H groups in total. The van der Waals surface area contributed by atoms with Gasteiger partial charge in [0.25, 0.3) is 20.2 Å². The van der Waals surface area contributed by atoms with Crippen LogP contribution in [0.25, 0.3) is 11.1 Å². The molecular weight excluding hydrogens is 544 g/mol. The van der Waals surface area contributed by atoms with Crippen LogP contribution in [0, 0.1) is 0 Å². The van der Waals surface area contributed by atoms with Gasteiger partial charge in [-0.2, -0.15) is 16.8 Å². The summed E-state index contributed by atoms with van der Waals surface area (Å²) in [6.07, 6.45) is 0.297. The number of rotatable bonds is 8. The van der Waals surface area contributed by atoms with E-state index in [4.69, 9.17) is 20.9 Å². The molecule has 0 atom stereocenters. The van der Waals surface area contributed by atoms with Crippen LogP contribution in [0.1, 0.15) is 22.3 Å². The molecule has 5 rings (SSSR count). The summed E-state index contributed by atoms with van der Waals surface area (Å²) in [5.74, 6) is -0.140. The molecule has 10 nitrogen and oxygen atoms in total. The second-order valence-corrected chi connectivity index (χ2v) is 11.9. The fourth-order valence-electron chi connectivity index (χ4n) is 4.52. The highest BCUT2D eigenvalue weighted by Gasteiger charge is 2.29. The maximum absolute atomic E-state index is 12.2. The van der Waals surface area contributed by atoms with Crippen molar-refractivity contribution in [3.05, 3.63) is 95.1 Å². The summed E-state index contributed by atoms with van der Waals surface area (Å²) in [7, 11) is -9.42. The average Bonchev–Trinajstić information content (AvgIpc) is 3.20. The first kappa shape index (κ1) is 26.5. The minimum absolute atomic E-state index is 0.00577. The van der Waals surface area contributed by atoms with Crippen molar-refractivity contribution in [1.29, 1.82) is 0 Å². The van der Waals surface area contributed by atoms with Crippen molar-refractivity contribution in [3.8, 4) is 22.6 Å². The number of hydrogen-bond acceptors (Lipinski definition) is 8. The van der Waals surface area contributed by atoms with E-state index in [2.05, 4.69) is 0 Å². The number of hydrogen-bond donors (Lipinski definition) is 4. The Morgan fingerprint density at radius 2 is 1.05 bits per heavy atom. The van der Waals surface area contributed by atoms with Gasteiger partial charge < -0.3 is 20.9 Å². The number of anilines is 2. The van der Waals surface area contributed by atoms with E-state index < -0.39 is 30.0 Å². The molecule has 4 aromatic rings. The fourth-order valence-corrected chi connectivity index (χ4v) is 5.80. The van der Waals surface area contributed by atoms with Gasteiger partial charge in [0.05, 0.1) is 0 Å². The molecule has 0 aromatic heterocycles. The molecule has 202 valence electrons. The van der Waals surface area contributed by atoms with Crippen molar-refractivity contribution >= 4 is 31.6 Å². The Bertz CT molecular complexity index is 1690. The molecule has 0 unspecified atom stereocenters. The summed E-state index contributed by atoms with van der Waals surface area (Å²) in [5.41, 5.74) is 16.0. The SMILES string of the molecule is Nc1cccc(COc2cc3c(cc2S(=O)(=O)O)-c2cc(S(=O)(=O)O)c(OCc4cccc(N)c4)cc2C3)c1. The zero-order valence-corrected chi connectivity index (χ0v) is 22.0. The van der Waals surface area contributed by atoms with Crippen LogP contribution in [-0.4, -0.2) is 25.9 Å². The van der Waals surface area contributed by atoms with Crippen molar-refractivity contribution in [3.63, 3.8) is 0 Å². The highest BCUT2D eigenvalue weighted by atomic mass is 32.2. The molecular formula is C27H24N2O8S2. The molecule has 0 aliphatic heterocycles. The second kappa shape index (κ2) is 9.89. The van der Waals surface area contributed by atoms with Gasteiger partial charge in [-0.3, -0.25) is 9.11 Å². The molecule has 0 radical (unpaired) electrons. The molecule has 0 fully saturated rings. The van der Waals surface area contributed by atoms with E-state index >= 15 is 0 Å². The van der Waals surface area contributed by atoms with Gasteiger partial charge in [-0.05, 0) is 88.3 Å². The summed E-state index contributed by atoms with van der Waals surface area (Å²) >= 11 is 0. The third-order valence-electron chi connectivity index (χ3n) is 6.26. The molecule has 0 bridgehead atoms. The molecule has 0 heterocycles. The summed E-state index contributed by atoms with van der Waals surface area (Å²) < 4.78 is 80.4. The zero-order valence-electron chi connectivity index (χ0n) is 20.4. The Morgan fingerprint density at radius 1 is 0.641 bits per heavy atom. The number of fused-ring (bicyclic) bond motifs is 3. The Balaban J connectivity index is 1.53. The van der Waals surface area contributed by atoms with Crippen LogP contribution in [0.2, 0.25) is 0 Å². The zero-order chi connectivity index (χ0) is 27.9. The Morgan fingerprint density at radius 3 is 1.41 bits per heavy atom. The van der Waals surface area contributed by atoms with Gasteiger partial charge in [0, 0.05) is 11.4 Å². The van der Waals surface area contributed by atoms with Crippen LogP contribution in [0.15, 0.2) is 82.6 Å². The van der Waals surface area contributed by atoms with E-state index in [1.165, 1.54) is 24.3 Å². The van der Waals surface area contributed by atoms with Crippen molar-refractivity contribution in [2.75, 3.05) is 11.5 Å². The molecule has 0 spiro atoms. The lowest BCUT2D eigenvalue weighted by Gasteiger charge is -2.14. The quantitative estimate of drug-likeness (QED) is 0.157. The summed E-state index contributed by atoms with van der Waals surface area (Å²) in [4.78, 5) is -0.957. The third kappa shape index (κ3) is 5.68. The lowest BCUT2D eigenvalue weighted by atomic mass is 10.1. The lowest BCUT2D eigenvalue weighted by Crippen LogP contribution is -2.06. The van der Waals surface area contributed by atoms with Crippen LogP contribution in [0.3, 0.4) is 0 Å². The molecule has 0 amide bonds. The van der Waals surface area contributed by atoms with Crippen LogP contribution in [0.5, 0.6) is 11.5 Å². The maximum Gasteiger partial charge on any atom is 0.298 e. The Hall–Kier alpha value is -4.10. The number of nitrogen functional groups attached to an aromatic ring is 2. The van der Waals surface area contributed by atoms with E-state index in [1.807, 2.05) is 0 Å². The van der Waals surface area contributed by atoms with Crippen LogP contribution in [0.4, 0.5) is 11.4 Å². The van der Waals surface area contributed by atoms with E-state index in [0.29, 0.717) is 51.2 Å². The minimum atomic E-state index is -4.71. The maximum atomic E-state index is 12.2. The Kier molecular flexibility index (Phi) is 6.72. The summed E-state index contributed by atoms with van der Waals surface area (Å²) in [6.45, 7) is -0.0115. The molecule has 39 heavy (non-hydrogen) atoms. The largest absolute Gasteiger partial charge is 0.487 e. The molecule has 1 aliphatic rings. The second-order valence-electron chi connectivity index (χ2n) is 9.11. The number of benzene rings is 4. The van der Waals surface area contributed by atoms with Gasteiger partial charge in [0.15, 0.2) is 0 Å². The standard InChI is InChI=1S/C27H24N2O8S2/c28-20-5-1-3-16(7-20)14-36-24-10-18-9-19-11-25(37-15-17-4-2-6-21(29)8-17)27(39(33,34)35)13-23(19)22(18)12-26(24)38(30,31)32/h1-8,10-13H,9,14-15,28-29H2,(H,30,31,32)(H,33,34,35). The van der Waals surface area contributed by atoms with Crippen LogP contribution < -0.4 is 20.9 Å². The van der Waals surface area contributed by atoms with Crippen LogP contribution in [-0.2, 0) is 39.9 Å². The van der Waals surface area contributed by atoms with Crippen molar-refractivity contribution in [2.24, 2.45) is 0 Å². The van der Waals surface area contributed by atoms with Gasteiger partial charge in [-0.25, -0.2) is 0 Å². The molecule has 0 saturated heterocycles. The fraction of sp³-hybridized carbons (Fsp3) is 0.111. The third-order valence-corrected chi connectivity index (χ3v) is 8.01. The smallest absolute Gasteiger partial charge is 0.298 e. The molecule has 0 saturated carbocycles. The first-order valence-corrected chi connectivity index (χ1v) is 14.5. The van der Waals surface area contributed by atoms with E-state index in [1.54, 1.807) is 48.5 Å². The monoisotopic (exact) mass is 568 g/mol. The average molecular weight is 569 g/mol. The highest BCUT2D eigenvalue weighted by molar-refractivity contribution is 7.86. The van der Waals surface area contributed by atoms with E-state index in [9.17, 15) is 25.9 Å².